The maximum Gasteiger partial charge on any atom is 0.271 e. The number of nitro benzene ring substituents is 1. The molecule has 0 bridgehead atoms. The van der Waals surface area contributed by atoms with E-state index in [0.717, 1.165) is 9.75 Å². The van der Waals surface area contributed by atoms with Crippen LogP contribution >= 0.6 is 11.3 Å². The number of nitro groups is 1. The Balaban J connectivity index is 1.98. The van der Waals surface area contributed by atoms with E-state index in [2.05, 4.69) is 32.9 Å². The standard InChI is InChI=1S/C26H28N4O3S/c1-25(2,3)21-10-9-20(34-21)22-17(14-27)24(28)29(15-7-6-8-16(11-15)30(32)33)18-12-26(4,5)13-19(31)23(18)22/h6-11,22H,12-13,28H2,1-5H3/t22-/m0/s1. The van der Waals surface area contributed by atoms with Gasteiger partial charge in [-0.1, -0.05) is 40.7 Å². The van der Waals surface area contributed by atoms with Crippen molar-refractivity contribution in [2.45, 2.75) is 58.8 Å². The molecule has 1 atom stereocenters. The minimum Gasteiger partial charge on any atom is -0.384 e. The van der Waals surface area contributed by atoms with Gasteiger partial charge < -0.3 is 5.73 Å². The molecule has 1 aliphatic carbocycles. The molecule has 2 aromatic rings. The van der Waals surface area contributed by atoms with Crippen LogP contribution in [0.5, 0.6) is 0 Å². The largest absolute Gasteiger partial charge is 0.384 e. The van der Waals surface area contributed by atoms with Crippen molar-refractivity contribution in [2.75, 3.05) is 4.90 Å². The fourth-order valence-electron chi connectivity index (χ4n) is 4.75. The number of allylic oxidation sites excluding steroid dienone is 3. The van der Waals surface area contributed by atoms with Crippen molar-refractivity contribution in [2.24, 2.45) is 11.1 Å². The summed E-state index contributed by atoms with van der Waals surface area (Å²) >= 11 is 1.59. The Labute approximate surface area is 203 Å². The molecule has 0 radical (unpaired) electrons. The van der Waals surface area contributed by atoms with Gasteiger partial charge in [-0.3, -0.25) is 19.8 Å². The smallest absolute Gasteiger partial charge is 0.271 e. The van der Waals surface area contributed by atoms with Gasteiger partial charge in [0.25, 0.3) is 5.69 Å². The Morgan fingerprint density at radius 3 is 2.53 bits per heavy atom. The van der Waals surface area contributed by atoms with Crippen molar-refractivity contribution < 1.29 is 9.72 Å². The summed E-state index contributed by atoms with van der Waals surface area (Å²) in [4.78, 5) is 28.3. The van der Waals surface area contributed by atoms with Crippen molar-refractivity contribution in [3.05, 3.63) is 78.9 Å². The third kappa shape index (κ3) is 4.01. The first-order valence-corrected chi connectivity index (χ1v) is 12.0. The molecule has 2 heterocycles. The number of rotatable bonds is 3. The van der Waals surface area contributed by atoms with Gasteiger partial charge in [-0.2, -0.15) is 5.26 Å². The Morgan fingerprint density at radius 1 is 1.24 bits per heavy atom. The Hall–Kier alpha value is -3.44. The van der Waals surface area contributed by atoms with E-state index in [4.69, 9.17) is 5.73 Å². The molecule has 1 aliphatic heterocycles. The zero-order valence-corrected chi connectivity index (χ0v) is 20.8. The van der Waals surface area contributed by atoms with Crippen molar-refractivity contribution in [3.8, 4) is 6.07 Å². The van der Waals surface area contributed by atoms with Crippen molar-refractivity contribution in [1.29, 1.82) is 5.26 Å². The topological polar surface area (TPSA) is 113 Å². The van der Waals surface area contributed by atoms with E-state index >= 15 is 0 Å². The highest BCUT2D eigenvalue weighted by Crippen LogP contribution is 2.51. The summed E-state index contributed by atoms with van der Waals surface area (Å²) in [6, 6.07) is 12.4. The number of carbonyl (C=O) groups is 1. The number of nitriles is 1. The van der Waals surface area contributed by atoms with Crippen molar-refractivity contribution >= 4 is 28.5 Å². The first kappa shape index (κ1) is 23.7. The van der Waals surface area contributed by atoms with Gasteiger partial charge in [0, 0.05) is 39.6 Å². The molecular formula is C26H28N4O3S. The second kappa shape index (κ2) is 8.10. The minimum absolute atomic E-state index is 0.0161. The summed E-state index contributed by atoms with van der Waals surface area (Å²) in [6.45, 7) is 10.4. The lowest BCUT2D eigenvalue weighted by Gasteiger charge is -2.43. The zero-order chi connectivity index (χ0) is 25.0. The monoisotopic (exact) mass is 476 g/mol. The van der Waals surface area contributed by atoms with Crippen LogP contribution in [0.2, 0.25) is 0 Å². The Morgan fingerprint density at radius 2 is 1.94 bits per heavy atom. The second-order valence-corrected chi connectivity index (χ2v) is 11.8. The number of Topliss-reactive ketones (excluding diaryl/α,β-unsaturated/α-hetero) is 1. The normalized spacial score (nSPS) is 20.3. The predicted octanol–water partition coefficient (Wildman–Crippen LogP) is 5.89. The molecule has 176 valence electrons. The number of nitrogens with zero attached hydrogens (tertiary/aromatic N) is 3. The molecule has 0 saturated heterocycles. The lowest BCUT2D eigenvalue weighted by molar-refractivity contribution is -0.384. The number of benzene rings is 1. The van der Waals surface area contributed by atoms with Crippen LogP contribution in [0.25, 0.3) is 0 Å². The fraction of sp³-hybridized carbons (Fsp3) is 0.385. The molecule has 4 rings (SSSR count). The molecule has 34 heavy (non-hydrogen) atoms. The van der Waals surface area contributed by atoms with E-state index in [9.17, 15) is 20.2 Å². The lowest BCUT2D eigenvalue weighted by atomic mass is 9.69. The summed E-state index contributed by atoms with van der Waals surface area (Å²) in [7, 11) is 0. The van der Waals surface area contributed by atoms with Gasteiger partial charge in [0.1, 0.15) is 5.82 Å². The Bertz CT molecular complexity index is 1300. The highest BCUT2D eigenvalue weighted by molar-refractivity contribution is 7.12. The van der Waals surface area contributed by atoms with Gasteiger partial charge in [0.15, 0.2) is 5.78 Å². The van der Waals surface area contributed by atoms with E-state index in [1.807, 2.05) is 19.9 Å². The average molecular weight is 477 g/mol. The molecule has 2 aliphatic rings. The molecule has 1 aromatic carbocycles. The molecule has 8 heteroatoms. The Kier molecular flexibility index (Phi) is 5.65. The maximum absolute atomic E-state index is 13.6. The number of hydrogen-bond donors (Lipinski definition) is 1. The number of nitrogens with two attached hydrogens (primary N) is 1. The van der Waals surface area contributed by atoms with Gasteiger partial charge in [0.05, 0.1) is 28.2 Å². The first-order valence-electron chi connectivity index (χ1n) is 11.1. The summed E-state index contributed by atoms with van der Waals surface area (Å²) in [6.07, 6.45) is 0.922. The number of thiophene rings is 1. The number of non-ortho nitro benzene ring substituents is 1. The van der Waals surface area contributed by atoms with Crippen LogP contribution in [0.1, 0.15) is 63.1 Å². The van der Waals surface area contributed by atoms with Crippen molar-refractivity contribution in [3.63, 3.8) is 0 Å². The fourth-order valence-corrected chi connectivity index (χ4v) is 5.93. The SMILES string of the molecule is CC1(C)CC(=O)C2=C(C1)N(c1cccc([N+](=O)[O-])c1)C(N)=C(C#N)[C@H]2c1ccc(C(C)(C)C)s1. The van der Waals surface area contributed by atoms with Crippen LogP contribution in [0.3, 0.4) is 0 Å². The van der Waals surface area contributed by atoms with Crippen molar-refractivity contribution in [1.82, 2.24) is 0 Å². The molecule has 2 N–H and O–H groups in total. The third-order valence-electron chi connectivity index (χ3n) is 6.33. The van der Waals surface area contributed by atoms with E-state index < -0.39 is 10.8 Å². The average Bonchev–Trinajstić information content (AvgIpc) is 3.22. The van der Waals surface area contributed by atoms with Crippen LogP contribution in [0, 0.1) is 26.9 Å². The summed E-state index contributed by atoms with van der Waals surface area (Å²) in [5.41, 5.74) is 8.22. The van der Waals surface area contributed by atoms with Crippen LogP contribution in [-0.2, 0) is 10.2 Å². The predicted molar refractivity (Wildman–Crippen MR) is 133 cm³/mol. The van der Waals surface area contributed by atoms with E-state index in [1.165, 1.54) is 12.1 Å². The van der Waals surface area contributed by atoms with Gasteiger partial charge in [-0.05, 0) is 35.4 Å². The van der Waals surface area contributed by atoms with E-state index in [0.29, 0.717) is 35.4 Å². The number of carbonyl (C=O) groups excluding carboxylic acids is 1. The van der Waals surface area contributed by atoms with Crippen LogP contribution in [0.15, 0.2) is 59.1 Å². The van der Waals surface area contributed by atoms with E-state index in [1.54, 1.807) is 28.4 Å². The van der Waals surface area contributed by atoms with Gasteiger partial charge in [-0.25, -0.2) is 0 Å². The van der Waals surface area contributed by atoms with Crippen LogP contribution in [-0.4, -0.2) is 10.7 Å². The molecular weight excluding hydrogens is 448 g/mol. The van der Waals surface area contributed by atoms with Gasteiger partial charge in [0.2, 0.25) is 0 Å². The lowest BCUT2D eigenvalue weighted by Crippen LogP contribution is -2.42. The highest BCUT2D eigenvalue weighted by Gasteiger charge is 2.45. The minimum atomic E-state index is -0.542. The third-order valence-corrected chi connectivity index (χ3v) is 7.91. The quantitative estimate of drug-likeness (QED) is 0.436. The molecule has 1 aromatic heterocycles. The molecule has 0 amide bonds. The van der Waals surface area contributed by atoms with Crippen LogP contribution < -0.4 is 10.6 Å². The first-order chi connectivity index (χ1) is 15.8. The molecule has 0 fully saturated rings. The summed E-state index contributed by atoms with van der Waals surface area (Å²) in [5.74, 6) is -0.347. The summed E-state index contributed by atoms with van der Waals surface area (Å²) in [5, 5.41) is 21.6. The number of ketones is 1. The second-order valence-electron chi connectivity index (χ2n) is 10.7. The molecule has 0 unspecified atom stereocenters. The molecule has 0 spiro atoms. The zero-order valence-electron chi connectivity index (χ0n) is 20.0. The van der Waals surface area contributed by atoms with E-state index in [-0.39, 0.29) is 28.1 Å². The summed E-state index contributed by atoms with van der Waals surface area (Å²) < 4.78 is 0. The maximum atomic E-state index is 13.6. The van der Waals surface area contributed by atoms with Gasteiger partial charge in [-0.15, -0.1) is 11.3 Å². The van der Waals surface area contributed by atoms with Crippen LogP contribution in [0.4, 0.5) is 11.4 Å². The molecule has 7 nitrogen and oxygen atoms in total. The number of hydrogen-bond acceptors (Lipinski definition) is 7. The highest BCUT2D eigenvalue weighted by atomic mass is 32.1. The van der Waals surface area contributed by atoms with Gasteiger partial charge >= 0.3 is 0 Å². The molecule has 0 saturated carbocycles. The number of anilines is 1.